The number of aliphatic imine (C=N–C) groups is 1. The number of rotatable bonds is 3. The first-order valence-corrected chi connectivity index (χ1v) is 11.5. The fraction of sp³-hybridized carbons (Fsp3) is 0.500. The first-order valence-electron chi connectivity index (χ1n) is 7.79. The van der Waals surface area contributed by atoms with Crippen molar-refractivity contribution in [3.05, 3.63) is 29.8 Å². The van der Waals surface area contributed by atoms with Crippen molar-refractivity contribution in [3.63, 3.8) is 0 Å². The van der Waals surface area contributed by atoms with Crippen LogP contribution in [-0.2, 0) is 20.4 Å². The van der Waals surface area contributed by atoms with Gasteiger partial charge in [0.25, 0.3) is 0 Å². The minimum atomic E-state index is -2.99. The molecule has 0 radical (unpaired) electrons. The third kappa shape index (κ3) is 3.97. The molecule has 5 nitrogen and oxygen atoms in total. The molecule has 2 aliphatic heterocycles. The Hall–Kier alpha value is -0.990. The largest absolute Gasteiger partial charge is 0.341 e. The predicted octanol–water partition coefficient (Wildman–Crippen LogP) is 2.69. The third-order valence-electron chi connectivity index (χ3n) is 4.28. The second-order valence-electron chi connectivity index (χ2n) is 6.06. The highest BCUT2D eigenvalue weighted by Crippen LogP contribution is 2.36. The molecule has 0 N–H and O–H groups in total. The summed E-state index contributed by atoms with van der Waals surface area (Å²) in [7, 11) is -1.28. The number of amides is 1. The molecule has 3 rings (SSSR count). The van der Waals surface area contributed by atoms with Gasteiger partial charge in [0, 0.05) is 18.8 Å². The Kier molecular flexibility index (Phi) is 5.27. The Balaban J connectivity index is 1.64. The topological polar surface area (TPSA) is 66.8 Å². The van der Waals surface area contributed by atoms with E-state index in [9.17, 15) is 13.2 Å². The van der Waals surface area contributed by atoms with Crippen LogP contribution in [0.4, 0.5) is 5.69 Å². The summed E-state index contributed by atoms with van der Waals surface area (Å²) >= 11 is 3.09. The number of sulfone groups is 1. The number of nitrogens with zero attached hydrogens (tertiary/aromatic N) is 2. The molecule has 24 heavy (non-hydrogen) atoms. The molecule has 1 fully saturated rings. The molecule has 2 aliphatic rings. The van der Waals surface area contributed by atoms with Crippen molar-refractivity contribution in [2.24, 2.45) is 4.99 Å². The van der Waals surface area contributed by atoms with Crippen LogP contribution >= 0.6 is 23.5 Å². The fourth-order valence-electron chi connectivity index (χ4n) is 2.82. The molecule has 0 unspecified atom stereocenters. The van der Waals surface area contributed by atoms with Gasteiger partial charge in [-0.3, -0.25) is 4.79 Å². The van der Waals surface area contributed by atoms with Gasteiger partial charge in [-0.15, -0.1) is 0 Å². The minimum absolute atomic E-state index is 0.0377. The number of benzene rings is 1. The number of fused-ring (bicyclic) bond motifs is 1. The quantitative estimate of drug-likeness (QED) is 0.802. The Bertz CT molecular complexity index is 777. The summed E-state index contributed by atoms with van der Waals surface area (Å²) in [6.07, 6.45) is 0.533. The van der Waals surface area contributed by atoms with Crippen LogP contribution in [0.15, 0.2) is 29.3 Å². The molecular formula is C16H20N2O3S3. The zero-order valence-electron chi connectivity index (χ0n) is 13.6. The minimum Gasteiger partial charge on any atom is -0.341 e. The summed E-state index contributed by atoms with van der Waals surface area (Å²) in [5.41, 5.74) is 2.17. The van der Waals surface area contributed by atoms with Gasteiger partial charge >= 0.3 is 0 Å². The van der Waals surface area contributed by atoms with Crippen molar-refractivity contribution in [3.8, 4) is 0 Å². The lowest BCUT2D eigenvalue weighted by atomic mass is 10.2. The SMILES string of the molecule is C[C@@H](SC1=Nc2ccccc2CS1)C(=O)N(C)[C@H]1CCS(=O)(=O)C1. The van der Waals surface area contributed by atoms with Crippen LogP contribution in [0.25, 0.3) is 0 Å². The van der Waals surface area contributed by atoms with Crippen LogP contribution < -0.4 is 0 Å². The molecule has 8 heteroatoms. The standard InChI is InChI=1S/C16H20N2O3S3/c1-11(15(19)18(2)13-7-8-24(20,21)10-13)23-16-17-14-6-4-3-5-12(14)9-22-16/h3-6,11,13H,7-10H2,1-2H3/t11-,13+/m1/s1. The first kappa shape index (κ1) is 17.8. The van der Waals surface area contributed by atoms with E-state index in [1.807, 2.05) is 25.1 Å². The van der Waals surface area contributed by atoms with E-state index in [1.165, 1.54) is 17.3 Å². The molecule has 0 aromatic heterocycles. The molecule has 2 heterocycles. The number of carbonyl (C=O) groups is 1. The maximum Gasteiger partial charge on any atom is 0.235 e. The lowest BCUT2D eigenvalue weighted by molar-refractivity contribution is -0.130. The Morgan fingerprint density at radius 2 is 2.17 bits per heavy atom. The molecule has 2 atom stereocenters. The van der Waals surface area contributed by atoms with E-state index in [0.29, 0.717) is 6.42 Å². The highest BCUT2D eigenvalue weighted by molar-refractivity contribution is 8.39. The molecule has 0 bridgehead atoms. The lowest BCUT2D eigenvalue weighted by Gasteiger charge is -2.26. The monoisotopic (exact) mass is 384 g/mol. The average Bonchev–Trinajstić information content (AvgIpc) is 2.93. The number of carbonyl (C=O) groups excluding carboxylic acids is 1. The zero-order valence-corrected chi connectivity index (χ0v) is 16.1. The predicted molar refractivity (Wildman–Crippen MR) is 102 cm³/mol. The van der Waals surface area contributed by atoms with Gasteiger partial charge in [0.05, 0.1) is 22.4 Å². The van der Waals surface area contributed by atoms with Crippen LogP contribution in [0.3, 0.4) is 0 Å². The van der Waals surface area contributed by atoms with Gasteiger partial charge in [-0.25, -0.2) is 13.4 Å². The van der Waals surface area contributed by atoms with Crippen LogP contribution in [-0.4, -0.2) is 53.4 Å². The van der Waals surface area contributed by atoms with Gasteiger partial charge in [0.2, 0.25) is 5.91 Å². The van der Waals surface area contributed by atoms with E-state index in [1.54, 1.807) is 23.7 Å². The second kappa shape index (κ2) is 7.09. The van der Waals surface area contributed by atoms with Gasteiger partial charge in [-0.05, 0) is 25.0 Å². The van der Waals surface area contributed by atoms with Crippen molar-refractivity contribution < 1.29 is 13.2 Å². The van der Waals surface area contributed by atoms with E-state index in [2.05, 4.69) is 11.1 Å². The van der Waals surface area contributed by atoms with E-state index in [-0.39, 0.29) is 28.7 Å². The van der Waals surface area contributed by atoms with E-state index in [0.717, 1.165) is 15.8 Å². The number of thioether (sulfide) groups is 2. The molecule has 0 saturated carbocycles. The molecule has 0 aliphatic carbocycles. The zero-order chi connectivity index (χ0) is 17.3. The van der Waals surface area contributed by atoms with Gasteiger partial charge in [0.15, 0.2) is 9.84 Å². The number of hydrogen-bond donors (Lipinski definition) is 0. The average molecular weight is 385 g/mol. The van der Waals surface area contributed by atoms with Crippen molar-refractivity contribution >= 4 is 49.3 Å². The van der Waals surface area contributed by atoms with Crippen molar-refractivity contribution in [2.75, 3.05) is 18.6 Å². The molecule has 0 spiro atoms. The normalized spacial score (nSPS) is 23.2. The summed E-state index contributed by atoms with van der Waals surface area (Å²) in [5.74, 6) is 1.08. The number of hydrogen-bond acceptors (Lipinski definition) is 6. The summed E-state index contributed by atoms with van der Waals surface area (Å²) in [6, 6.07) is 7.81. The molecule has 1 saturated heterocycles. The molecule has 1 amide bonds. The highest BCUT2D eigenvalue weighted by Gasteiger charge is 2.34. The van der Waals surface area contributed by atoms with Crippen LogP contribution in [0.5, 0.6) is 0 Å². The summed E-state index contributed by atoms with van der Waals surface area (Å²) in [6.45, 7) is 1.86. The van der Waals surface area contributed by atoms with Crippen LogP contribution in [0.1, 0.15) is 18.9 Å². The lowest BCUT2D eigenvalue weighted by Crippen LogP contribution is -2.42. The van der Waals surface area contributed by atoms with Crippen LogP contribution in [0, 0.1) is 0 Å². The first-order chi connectivity index (χ1) is 11.4. The number of para-hydroxylation sites is 1. The fourth-order valence-corrected chi connectivity index (χ4v) is 6.88. The maximum atomic E-state index is 12.6. The van der Waals surface area contributed by atoms with Gasteiger partial charge < -0.3 is 4.90 Å². The maximum absolute atomic E-state index is 12.6. The van der Waals surface area contributed by atoms with E-state index < -0.39 is 9.84 Å². The van der Waals surface area contributed by atoms with Gasteiger partial charge in [0.1, 0.15) is 4.38 Å². The van der Waals surface area contributed by atoms with E-state index in [4.69, 9.17) is 0 Å². The smallest absolute Gasteiger partial charge is 0.235 e. The molecule has 1 aromatic rings. The molecule has 130 valence electrons. The third-order valence-corrected chi connectivity index (χ3v) is 8.32. The van der Waals surface area contributed by atoms with E-state index >= 15 is 0 Å². The summed E-state index contributed by atoms with van der Waals surface area (Å²) < 4.78 is 24.1. The van der Waals surface area contributed by atoms with Gasteiger partial charge in [-0.1, -0.05) is 41.7 Å². The molecule has 1 aromatic carbocycles. The summed E-state index contributed by atoms with van der Waals surface area (Å²) in [4.78, 5) is 18.8. The van der Waals surface area contributed by atoms with Crippen molar-refractivity contribution in [1.29, 1.82) is 0 Å². The Morgan fingerprint density at radius 3 is 2.88 bits per heavy atom. The Morgan fingerprint density at radius 1 is 1.42 bits per heavy atom. The van der Waals surface area contributed by atoms with Crippen molar-refractivity contribution in [2.45, 2.75) is 30.4 Å². The molecular weight excluding hydrogens is 364 g/mol. The van der Waals surface area contributed by atoms with Gasteiger partial charge in [-0.2, -0.15) is 0 Å². The second-order valence-corrected chi connectivity index (χ2v) is 10.8. The van der Waals surface area contributed by atoms with Crippen molar-refractivity contribution in [1.82, 2.24) is 4.90 Å². The highest BCUT2D eigenvalue weighted by atomic mass is 32.2. The Labute approximate surface area is 151 Å². The van der Waals surface area contributed by atoms with Crippen LogP contribution in [0.2, 0.25) is 0 Å². The summed E-state index contributed by atoms with van der Waals surface area (Å²) in [5, 5.41) is -0.283.